The van der Waals surface area contributed by atoms with Crippen molar-refractivity contribution >= 4 is 5.97 Å². The predicted molar refractivity (Wildman–Crippen MR) is 57.2 cm³/mol. The molecule has 5 heteroatoms. The molecule has 0 amide bonds. The van der Waals surface area contributed by atoms with Crippen LogP contribution in [0.25, 0.3) is 0 Å². The second-order valence-corrected chi connectivity index (χ2v) is 3.88. The Labute approximate surface area is 98.0 Å². The Kier molecular flexibility index (Phi) is 4.17. The minimum Gasteiger partial charge on any atom is -0.466 e. The predicted octanol–water partition coefficient (Wildman–Crippen LogP) is 2.13. The summed E-state index contributed by atoms with van der Waals surface area (Å²) in [5.41, 5.74) is -2.05. The number of ether oxygens (including phenoxy) is 1. The molecule has 0 bridgehead atoms. The van der Waals surface area contributed by atoms with Crippen LogP contribution in [0.5, 0.6) is 0 Å². The SMILES string of the molecule is CCOC(=O)CC(C)(O)c1cc(F)ccc1F. The van der Waals surface area contributed by atoms with Crippen molar-refractivity contribution < 1.29 is 23.4 Å². The highest BCUT2D eigenvalue weighted by molar-refractivity contribution is 5.71. The summed E-state index contributed by atoms with van der Waals surface area (Å²) in [6.45, 7) is 3.03. The molecule has 0 radical (unpaired) electrons. The highest BCUT2D eigenvalue weighted by atomic mass is 19.1. The molecule has 17 heavy (non-hydrogen) atoms. The molecule has 94 valence electrons. The van der Waals surface area contributed by atoms with Crippen molar-refractivity contribution in [2.75, 3.05) is 6.61 Å². The molecule has 0 saturated heterocycles. The van der Waals surface area contributed by atoms with Crippen molar-refractivity contribution in [1.29, 1.82) is 0 Å². The number of aliphatic hydroxyl groups is 1. The van der Waals surface area contributed by atoms with Gasteiger partial charge in [-0.05, 0) is 32.0 Å². The number of halogens is 2. The van der Waals surface area contributed by atoms with Gasteiger partial charge in [-0.25, -0.2) is 8.78 Å². The van der Waals surface area contributed by atoms with Gasteiger partial charge in [0.15, 0.2) is 0 Å². The molecule has 0 spiro atoms. The van der Waals surface area contributed by atoms with Gasteiger partial charge in [0, 0.05) is 5.56 Å². The van der Waals surface area contributed by atoms with Crippen LogP contribution in [0.3, 0.4) is 0 Å². The van der Waals surface area contributed by atoms with Gasteiger partial charge < -0.3 is 9.84 Å². The Balaban J connectivity index is 2.95. The van der Waals surface area contributed by atoms with Gasteiger partial charge in [0.1, 0.15) is 17.2 Å². The second kappa shape index (κ2) is 5.23. The third-order valence-electron chi connectivity index (χ3n) is 2.30. The second-order valence-electron chi connectivity index (χ2n) is 3.88. The van der Waals surface area contributed by atoms with Gasteiger partial charge in [0.25, 0.3) is 0 Å². The summed E-state index contributed by atoms with van der Waals surface area (Å²) in [5.74, 6) is -2.10. The molecule has 1 atom stereocenters. The number of hydrogen-bond acceptors (Lipinski definition) is 3. The summed E-state index contributed by atoms with van der Waals surface area (Å²) in [7, 11) is 0. The van der Waals surface area contributed by atoms with Gasteiger partial charge in [-0.3, -0.25) is 4.79 Å². The van der Waals surface area contributed by atoms with E-state index in [0.717, 1.165) is 18.2 Å². The summed E-state index contributed by atoms with van der Waals surface area (Å²) < 4.78 is 31.0. The van der Waals surface area contributed by atoms with Crippen LogP contribution in [-0.2, 0) is 15.1 Å². The lowest BCUT2D eigenvalue weighted by Crippen LogP contribution is -2.27. The smallest absolute Gasteiger partial charge is 0.309 e. The van der Waals surface area contributed by atoms with Crippen molar-refractivity contribution in [2.24, 2.45) is 0 Å². The van der Waals surface area contributed by atoms with E-state index in [0.29, 0.717) is 0 Å². The van der Waals surface area contributed by atoms with E-state index in [1.54, 1.807) is 6.92 Å². The molecule has 0 aromatic heterocycles. The first-order valence-corrected chi connectivity index (χ1v) is 5.20. The molecule has 0 aliphatic heterocycles. The van der Waals surface area contributed by atoms with Crippen LogP contribution in [0.2, 0.25) is 0 Å². The molecule has 0 aliphatic carbocycles. The molecule has 0 heterocycles. The third kappa shape index (κ3) is 3.49. The summed E-state index contributed by atoms with van der Waals surface area (Å²) in [6.07, 6.45) is -0.429. The maximum Gasteiger partial charge on any atom is 0.309 e. The molecular weight excluding hydrogens is 230 g/mol. The summed E-state index contributed by atoms with van der Waals surface area (Å²) in [4.78, 5) is 11.2. The minimum atomic E-state index is -1.79. The monoisotopic (exact) mass is 244 g/mol. The Hall–Kier alpha value is -1.49. The Morgan fingerprint density at radius 1 is 1.47 bits per heavy atom. The van der Waals surface area contributed by atoms with E-state index < -0.39 is 29.6 Å². The molecule has 1 rings (SSSR count). The molecule has 0 aliphatic rings. The molecule has 3 nitrogen and oxygen atoms in total. The molecule has 1 aromatic rings. The van der Waals surface area contributed by atoms with Crippen molar-refractivity contribution in [3.63, 3.8) is 0 Å². The van der Waals surface area contributed by atoms with Gasteiger partial charge in [0.2, 0.25) is 0 Å². The third-order valence-corrected chi connectivity index (χ3v) is 2.30. The van der Waals surface area contributed by atoms with Gasteiger partial charge in [-0.1, -0.05) is 0 Å². The van der Waals surface area contributed by atoms with E-state index in [1.807, 2.05) is 0 Å². The molecule has 1 unspecified atom stereocenters. The first-order chi connectivity index (χ1) is 7.86. The molecular formula is C12H14F2O3. The van der Waals surface area contributed by atoms with Gasteiger partial charge in [-0.2, -0.15) is 0 Å². The molecule has 1 N–H and O–H groups in total. The highest BCUT2D eigenvalue weighted by Gasteiger charge is 2.30. The maximum atomic E-state index is 13.4. The largest absolute Gasteiger partial charge is 0.466 e. The van der Waals surface area contributed by atoms with Crippen molar-refractivity contribution in [2.45, 2.75) is 25.9 Å². The fraction of sp³-hybridized carbons (Fsp3) is 0.417. The summed E-state index contributed by atoms with van der Waals surface area (Å²) in [6, 6.07) is 2.72. The van der Waals surface area contributed by atoms with Crippen molar-refractivity contribution in [3.05, 3.63) is 35.4 Å². The number of esters is 1. The highest BCUT2D eigenvalue weighted by Crippen LogP contribution is 2.27. The van der Waals surface area contributed by atoms with Crippen LogP contribution in [-0.4, -0.2) is 17.7 Å². The fourth-order valence-corrected chi connectivity index (χ4v) is 1.50. The van der Waals surface area contributed by atoms with Gasteiger partial charge in [-0.15, -0.1) is 0 Å². The van der Waals surface area contributed by atoms with E-state index >= 15 is 0 Å². The van der Waals surface area contributed by atoms with E-state index in [2.05, 4.69) is 4.74 Å². The van der Waals surface area contributed by atoms with E-state index in [1.165, 1.54) is 6.92 Å². The van der Waals surface area contributed by atoms with Crippen LogP contribution in [0.4, 0.5) is 8.78 Å². The van der Waals surface area contributed by atoms with E-state index in [4.69, 9.17) is 0 Å². The number of rotatable bonds is 4. The first-order valence-electron chi connectivity index (χ1n) is 5.20. The van der Waals surface area contributed by atoms with Gasteiger partial charge in [0.05, 0.1) is 13.0 Å². The Morgan fingerprint density at radius 2 is 2.12 bits per heavy atom. The molecule has 0 saturated carbocycles. The lowest BCUT2D eigenvalue weighted by Gasteiger charge is -2.23. The summed E-state index contributed by atoms with van der Waals surface area (Å²) >= 11 is 0. The number of benzene rings is 1. The Bertz CT molecular complexity index is 416. The van der Waals surface area contributed by atoms with Crippen LogP contribution in [0.1, 0.15) is 25.8 Å². The fourth-order valence-electron chi connectivity index (χ4n) is 1.50. The normalized spacial score (nSPS) is 14.2. The summed E-state index contributed by atoms with van der Waals surface area (Å²) in [5, 5.41) is 9.98. The Morgan fingerprint density at radius 3 is 2.71 bits per heavy atom. The van der Waals surface area contributed by atoms with E-state index in [9.17, 15) is 18.7 Å². The number of hydrogen-bond donors (Lipinski definition) is 1. The van der Waals surface area contributed by atoms with Crippen LogP contribution in [0, 0.1) is 11.6 Å². The lowest BCUT2D eigenvalue weighted by molar-refractivity contribution is -0.148. The van der Waals surface area contributed by atoms with Crippen LogP contribution < -0.4 is 0 Å². The topological polar surface area (TPSA) is 46.5 Å². The minimum absolute atomic E-state index is 0.167. The van der Waals surface area contributed by atoms with Crippen molar-refractivity contribution in [3.8, 4) is 0 Å². The van der Waals surface area contributed by atoms with Crippen LogP contribution in [0.15, 0.2) is 18.2 Å². The zero-order valence-corrected chi connectivity index (χ0v) is 9.67. The average Bonchev–Trinajstić information content (AvgIpc) is 2.21. The standard InChI is InChI=1S/C12H14F2O3/c1-3-17-11(15)7-12(2,16)9-6-8(13)4-5-10(9)14/h4-6,16H,3,7H2,1-2H3. The number of carbonyl (C=O) groups is 1. The zero-order chi connectivity index (χ0) is 13.1. The number of carbonyl (C=O) groups excluding carboxylic acids is 1. The van der Waals surface area contributed by atoms with Crippen molar-refractivity contribution in [1.82, 2.24) is 0 Å². The zero-order valence-electron chi connectivity index (χ0n) is 9.67. The first kappa shape index (κ1) is 13.6. The van der Waals surface area contributed by atoms with Gasteiger partial charge >= 0.3 is 5.97 Å². The van der Waals surface area contributed by atoms with E-state index in [-0.39, 0.29) is 12.2 Å². The van der Waals surface area contributed by atoms with Crippen LogP contribution >= 0.6 is 0 Å². The quantitative estimate of drug-likeness (QED) is 0.825. The molecule has 0 fully saturated rings. The molecule has 1 aromatic carbocycles. The maximum absolute atomic E-state index is 13.4. The lowest BCUT2D eigenvalue weighted by atomic mass is 9.92. The average molecular weight is 244 g/mol.